The minimum atomic E-state index is 0.535. The fraction of sp³-hybridized carbons (Fsp3) is 0.778. The molecular weight excluding hydrogens is 400 g/mol. The Labute approximate surface area is 197 Å². The minimum absolute atomic E-state index is 0.535. The second-order valence-corrected chi connectivity index (χ2v) is 9.86. The zero-order valence-corrected chi connectivity index (χ0v) is 21.5. The van der Waals surface area contributed by atoms with Crippen molar-refractivity contribution in [2.24, 2.45) is 17.8 Å². The van der Waals surface area contributed by atoms with E-state index in [9.17, 15) is 0 Å². The molecule has 1 heterocycles. The normalized spacial score (nSPS) is 17.8. The highest BCUT2D eigenvalue weighted by Crippen LogP contribution is 2.32. The zero-order valence-electron chi connectivity index (χ0n) is 21.5. The Bertz CT molecular complexity index is 631. The molecule has 5 nitrogen and oxygen atoms in total. The van der Waals surface area contributed by atoms with Gasteiger partial charge >= 0.3 is 0 Å². The van der Waals surface area contributed by atoms with E-state index >= 15 is 0 Å². The molecule has 0 amide bonds. The van der Waals surface area contributed by atoms with Gasteiger partial charge in [-0.15, -0.1) is 0 Å². The summed E-state index contributed by atoms with van der Waals surface area (Å²) < 4.78 is 16.7. The zero-order chi connectivity index (χ0) is 23.3. The molecule has 0 aromatic heterocycles. The van der Waals surface area contributed by atoms with Crippen molar-refractivity contribution in [1.82, 2.24) is 10.2 Å². The number of hydrogen-bond acceptors (Lipinski definition) is 5. The standard InChI is InChI=1S/C27H48N2O3/c1-21(2)24(19-25(28-4)22(3)20-29-13-8-7-9-14-29)17-23-11-12-26(31-6)27(18-23)32-16-10-15-30-5/h11-12,18,21-22,24-25,28H,7-10,13-17,19-20H2,1-6H3/t22-,24-,25-/m0/s1. The molecule has 1 aliphatic heterocycles. The van der Waals surface area contributed by atoms with Gasteiger partial charge < -0.3 is 24.4 Å². The Morgan fingerprint density at radius 1 is 1.00 bits per heavy atom. The lowest BCUT2D eigenvalue weighted by atomic mass is 9.81. The first-order valence-corrected chi connectivity index (χ1v) is 12.7. The topological polar surface area (TPSA) is 43.0 Å². The van der Waals surface area contributed by atoms with Crippen molar-refractivity contribution in [2.75, 3.05) is 54.1 Å². The van der Waals surface area contributed by atoms with Crippen molar-refractivity contribution in [2.45, 2.75) is 65.3 Å². The van der Waals surface area contributed by atoms with Crippen LogP contribution < -0.4 is 14.8 Å². The summed E-state index contributed by atoms with van der Waals surface area (Å²) in [5.41, 5.74) is 1.32. The smallest absolute Gasteiger partial charge is 0.161 e. The summed E-state index contributed by atoms with van der Waals surface area (Å²) >= 11 is 0. The Morgan fingerprint density at radius 2 is 1.75 bits per heavy atom. The average Bonchev–Trinajstić information content (AvgIpc) is 2.80. The highest BCUT2D eigenvalue weighted by molar-refractivity contribution is 5.43. The van der Waals surface area contributed by atoms with Crippen molar-refractivity contribution < 1.29 is 14.2 Å². The number of ether oxygens (including phenoxy) is 3. The summed E-state index contributed by atoms with van der Waals surface area (Å²) in [6, 6.07) is 6.95. The molecule has 1 aromatic rings. The molecule has 1 aromatic carbocycles. The summed E-state index contributed by atoms with van der Waals surface area (Å²) in [5.74, 6) is 3.53. The van der Waals surface area contributed by atoms with Gasteiger partial charge in [0.25, 0.3) is 0 Å². The van der Waals surface area contributed by atoms with Crippen LogP contribution in [-0.2, 0) is 11.2 Å². The summed E-state index contributed by atoms with van der Waals surface area (Å²) in [6.45, 7) is 12.2. The molecule has 32 heavy (non-hydrogen) atoms. The lowest BCUT2D eigenvalue weighted by Gasteiger charge is -2.35. The lowest BCUT2D eigenvalue weighted by molar-refractivity contribution is 0.169. The maximum Gasteiger partial charge on any atom is 0.161 e. The van der Waals surface area contributed by atoms with Gasteiger partial charge in [0.1, 0.15) is 0 Å². The average molecular weight is 449 g/mol. The van der Waals surface area contributed by atoms with Crippen LogP contribution in [0.25, 0.3) is 0 Å². The number of nitrogens with one attached hydrogen (secondary N) is 1. The molecule has 1 N–H and O–H groups in total. The van der Waals surface area contributed by atoms with Crippen LogP contribution in [-0.4, -0.2) is 65.1 Å². The Hall–Kier alpha value is -1.30. The van der Waals surface area contributed by atoms with E-state index in [4.69, 9.17) is 14.2 Å². The molecule has 5 heteroatoms. The highest BCUT2D eigenvalue weighted by atomic mass is 16.5. The van der Waals surface area contributed by atoms with Crippen molar-refractivity contribution in [3.05, 3.63) is 23.8 Å². The van der Waals surface area contributed by atoms with Crippen molar-refractivity contribution in [1.29, 1.82) is 0 Å². The van der Waals surface area contributed by atoms with Crippen molar-refractivity contribution in [3.63, 3.8) is 0 Å². The van der Waals surface area contributed by atoms with Crippen LogP contribution in [0.5, 0.6) is 11.5 Å². The predicted octanol–water partition coefficient (Wildman–Crippen LogP) is 5.03. The van der Waals surface area contributed by atoms with Gasteiger partial charge in [-0.2, -0.15) is 0 Å². The largest absolute Gasteiger partial charge is 0.493 e. The molecule has 0 saturated carbocycles. The molecule has 2 rings (SSSR count). The number of rotatable bonds is 15. The molecule has 0 spiro atoms. The third-order valence-electron chi connectivity index (χ3n) is 7.03. The molecule has 1 saturated heterocycles. The fourth-order valence-electron chi connectivity index (χ4n) is 4.88. The molecule has 1 fully saturated rings. The molecule has 3 atom stereocenters. The van der Waals surface area contributed by atoms with E-state index in [-0.39, 0.29) is 0 Å². The first kappa shape index (κ1) is 26.9. The van der Waals surface area contributed by atoms with Gasteiger partial charge in [-0.05, 0) is 81.3 Å². The van der Waals surface area contributed by atoms with E-state index in [2.05, 4.69) is 50.2 Å². The van der Waals surface area contributed by atoms with E-state index in [0.29, 0.717) is 37.0 Å². The number of methoxy groups -OCH3 is 2. The molecule has 184 valence electrons. The molecule has 0 aliphatic carbocycles. The molecular formula is C27H48N2O3. The number of nitrogens with zero attached hydrogens (tertiary/aromatic N) is 1. The van der Waals surface area contributed by atoms with Crippen LogP contribution in [0.1, 0.15) is 58.4 Å². The molecule has 0 radical (unpaired) electrons. The first-order valence-electron chi connectivity index (χ1n) is 12.7. The highest BCUT2D eigenvalue weighted by Gasteiger charge is 2.25. The second-order valence-electron chi connectivity index (χ2n) is 9.86. The van der Waals surface area contributed by atoms with Gasteiger partial charge in [0, 0.05) is 32.7 Å². The third kappa shape index (κ3) is 8.92. The molecule has 0 unspecified atom stereocenters. The summed E-state index contributed by atoms with van der Waals surface area (Å²) in [5, 5.41) is 3.65. The number of likely N-dealkylation sites (tertiary alicyclic amines) is 1. The number of hydrogen-bond donors (Lipinski definition) is 1. The maximum atomic E-state index is 6.02. The van der Waals surface area contributed by atoms with E-state index in [1.807, 2.05) is 6.07 Å². The van der Waals surface area contributed by atoms with E-state index in [1.165, 1.54) is 50.9 Å². The number of benzene rings is 1. The second kappa shape index (κ2) is 14.8. The lowest BCUT2D eigenvalue weighted by Crippen LogP contribution is -2.43. The van der Waals surface area contributed by atoms with Crippen LogP contribution in [0.4, 0.5) is 0 Å². The minimum Gasteiger partial charge on any atom is -0.493 e. The third-order valence-corrected chi connectivity index (χ3v) is 7.03. The maximum absolute atomic E-state index is 6.02. The van der Waals surface area contributed by atoms with E-state index in [1.54, 1.807) is 14.2 Å². The van der Waals surface area contributed by atoms with Gasteiger partial charge in [0.05, 0.1) is 13.7 Å². The monoisotopic (exact) mass is 448 g/mol. The predicted molar refractivity (Wildman–Crippen MR) is 134 cm³/mol. The summed E-state index contributed by atoms with van der Waals surface area (Å²) in [6.07, 6.45) is 7.24. The number of piperidine rings is 1. The first-order chi connectivity index (χ1) is 15.5. The molecule has 1 aliphatic rings. The van der Waals surface area contributed by atoms with Crippen LogP contribution >= 0.6 is 0 Å². The van der Waals surface area contributed by atoms with Gasteiger partial charge in [0.15, 0.2) is 11.5 Å². The van der Waals surface area contributed by atoms with Gasteiger partial charge in [0.2, 0.25) is 0 Å². The fourth-order valence-corrected chi connectivity index (χ4v) is 4.88. The van der Waals surface area contributed by atoms with Crippen molar-refractivity contribution in [3.8, 4) is 11.5 Å². The van der Waals surface area contributed by atoms with Crippen LogP contribution in [0.3, 0.4) is 0 Å². The Morgan fingerprint density at radius 3 is 2.38 bits per heavy atom. The van der Waals surface area contributed by atoms with Gasteiger partial charge in [-0.1, -0.05) is 33.3 Å². The Balaban J connectivity index is 2.01. The van der Waals surface area contributed by atoms with Gasteiger partial charge in [-0.3, -0.25) is 0 Å². The van der Waals surface area contributed by atoms with Gasteiger partial charge in [-0.25, -0.2) is 0 Å². The summed E-state index contributed by atoms with van der Waals surface area (Å²) in [7, 11) is 5.56. The molecule has 0 bridgehead atoms. The van der Waals surface area contributed by atoms with Crippen LogP contribution in [0, 0.1) is 17.8 Å². The quantitative estimate of drug-likeness (QED) is 0.381. The van der Waals surface area contributed by atoms with E-state index in [0.717, 1.165) is 24.3 Å². The van der Waals surface area contributed by atoms with Crippen molar-refractivity contribution >= 4 is 0 Å². The summed E-state index contributed by atoms with van der Waals surface area (Å²) in [4.78, 5) is 2.67. The van der Waals surface area contributed by atoms with E-state index < -0.39 is 0 Å². The SMILES string of the molecule is CN[C@@H](C[C@H](Cc1ccc(OC)c(OCCCOC)c1)C(C)C)[C@@H](C)CN1CCCCC1. The van der Waals surface area contributed by atoms with Crippen LogP contribution in [0.15, 0.2) is 18.2 Å². The van der Waals surface area contributed by atoms with Crippen LogP contribution in [0.2, 0.25) is 0 Å². The Kier molecular flexibility index (Phi) is 12.4.